The van der Waals surface area contributed by atoms with Crippen molar-refractivity contribution >= 4 is 0 Å². The molecule has 0 fully saturated rings. The summed E-state index contributed by atoms with van der Waals surface area (Å²) < 4.78 is 19.0. The quantitative estimate of drug-likeness (QED) is 0.452. The highest BCUT2D eigenvalue weighted by Gasteiger charge is 2.03. The van der Waals surface area contributed by atoms with E-state index in [0.29, 0.717) is 17.9 Å². The summed E-state index contributed by atoms with van der Waals surface area (Å²) in [5.41, 5.74) is 0.542. The van der Waals surface area contributed by atoms with Gasteiger partial charge in [0.1, 0.15) is 0 Å². The summed E-state index contributed by atoms with van der Waals surface area (Å²) in [5.74, 6) is 2.32. The molecule has 0 unspecified atom stereocenters. The van der Waals surface area contributed by atoms with Crippen molar-refractivity contribution in [1.82, 2.24) is 0 Å². The molecule has 0 amide bonds. The lowest BCUT2D eigenvalue weighted by Crippen LogP contribution is -1.99. The van der Waals surface area contributed by atoms with Crippen LogP contribution in [-0.2, 0) is 0 Å². The molecule has 0 saturated heterocycles. The van der Waals surface area contributed by atoms with E-state index in [0.717, 1.165) is 12.8 Å². The Morgan fingerprint density at radius 1 is 1.11 bits per heavy atom. The van der Waals surface area contributed by atoms with Crippen molar-refractivity contribution in [2.45, 2.75) is 51.9 Å². The minimum absolute atomic E-state index is 0.296. The maximum absolute atomic E-state index is 13.5. The van der Waals surface area contributed by atoms with Crippen LogP contribution in [-0.4, -0.2) is 6.61 Å². The lowest BCUT2D eigenvalue weighted by molar-refractivity contribution is 0.290. The van der Waals surface area contributed by atoms with Gasteiger partial charge in [-0.2, -0.15) is 0 Å². The Balaban J connectivity index is 2.14. The van der Waals surface area contributed by atoms with E-state index in [1.54, 1.807) is 12.1 Å². The molecule has 1 nitrogen and oxygen atoms in total. The van der Waals surface area contributed by atoms with E-state index >= 15 is 0 Å². The Morgan fingerprint density at radius 3 is 2.42 bits per heavy atom. The van der Waals surface area contributed by atoms with Gasteiger partial charge in [-0.15, -0.1) is 6.42 Å². The third kappa shape index (κ3) is 6.29. The molecule has 0 bridgehead atoms. The second-order valence-corrected chi connectivity index (χ2v) is 4.76. The highest BCUT2D eigenvalue weighted by Crippen LogP contribution is 2.18. The highest BCUT2D eigenvalue weighted by molar-refractivity contribution is 5.37. The minimum atomic E-state index is -0.376. The van der Waals surface area contributed by atoms with Crippen LogP contribution < -0.4 is 4.74 Å². The fraction of sp³-hybridized carbons (Fsp3) is 0.529. The minimum Gasteiger partial charge on any atom is -0.491 e. The van der Waals surface area contributed by atoms with Gasteiger partial charge in [0.25, 0.3) is 0 Å². The number of hydrogen-bond donors (Lipinski definition) is 0. The molecule has 0 atom stereocenters. The summed E-state index contributed by atoms with van der Waals surface area (Å²) in [7, 11) is 0. The number of hydrogen-bond acceptors (Lipinski definition) is 1. The van der Waals surface area contributed by atoms with E-state index in [1.807, 2.05) is 0 Å². The largest absolute Gasteiger partial charge is 0.491 e. The summed E-state index contributed by atoms with van der Waals surface area (Å²) in [6, 6.07) is 4.63. The summed E-state index contributed by atoms with van der Waals surface area (Å²) in [5, 5.41) is 0. The SMILES string of the molecule is C#Cc1ccc(OCCCCCCCCC)c(F)c1. The molecule has 1 aromatic rings. The smallest absolute Gasteiger partial charge is 0.166 e. The number of terminal acetylenes is 1. The molecule has 104 valence electrons. The maximum Gasteiger partial charge on any atom is 0.166 e. The van der Waals surface area contributed by atoms with E-state index in [2.05, 4.69) is 12.8 Å². The average Bonchev–Trinajstić information content (AvgIpc) is 2.43. The van der Waals surface area contributed by atoms with Crippen LogP contribution in [0.4, 0.5) is 4.39 Å². The van der Waals surface area contributed by atoms with Crippen LogP contribution >= 0.6 is 0 Å². The van der Waals surface area contributed by atoms with Crippen LogP contribution in [0, 0.1) is 18.2 Å². The van der Waals surface area contributed by atoms with Crippen LogP contribution in [0.25, 0.3) is 0 Å². The number of ether oxygens (including phenoxy) is 1. The van der Waals surface area contributed by atoms with Crippen LogP contribution in [0.1, 0.15) is 57.4 Å². The van der Waals surface area contributed by atoms with Gasteiger partial charge < -0.3 is 4.74 Å². The van der Waals surface area contributed by atoms with E-state index in [1.165, 1.54) is 38.2 Å². The average molecular weight is 262 g/mol. The van der Waals surface area contributed by atoms with Crippen LogP contribution in [0.5, 0.6) is 5.75 Å². The Bertz CT molecular complexity index is 406. The standard InChI is InChI=1S/C17H23FO/c1-3-5-6-7-8-9-10-13-19-17-12-11-15(4-2)14-16(17)18/h2,11-12,14H,3,5-10,13H2,1H3. The van der Waals surface area contributed by atoms with Gasteiger partial charge in [0.15, 0.2) is 11.6 Å². The zero-order chi connectivity index (χ0) is 13.9. The monoisotopic (exact) mass is 262 g/mol. The van der Waals surface area contributed by atoms with Gasteiger partial charge in [-0.3, -0.25) is 0 Å². The van der Waals surface area contributed by atoms with Crippen molar-refractivity contribution in [3.05, 3.63) is 29.6 Å². The molecule has 0 N–H and O–H groups in total. The molecule has 0 spiro atoms. The molecular weight excluding hydrogens is 239 g/mol. The molecule has 0 saturated carbocycles. The second kappa shape index (κ2) is 9.44. The van der Waals surface area contributed by atoms with E-state index < -0.39 is 0 Å². The van der Waals surface area contributed by atoms with Crippen molar-refractivity contribution in [3.63, 3.8) is 0 Å². The van der Waals surface area contributed by atoms with E-state index in [4.69, 9.17) is 11.2 Å². The summed E-state index contributed by atoms with van der Waals surface area (Å²) in [6.07, 6.45) is 13.8. The van der Waals surface area contributed by atoms with Gasteiger partial charge in [-0.1, -0.05) is 51.4 Å². The fourth-order valence-electron chi connectivity index (χ4n) is 1.95. The first kappa shape index (κ1) is 15.6. The third-order valence-corrected chi connectivity index (χ3v) is 3.10. The Labute approximate surface area is 116 Å². The molecule has 0 radical (unpaired) electrons. The van der Waals surface area contributed by atoms with Gasteiger partial charge in [-0.25, -0.2) is 4.39 Å². The molecule has 0 aliphatic carbocycles. The van der Waals surface area contributed by atoms with Gasteiger partial charge in [0, 0.05) is 5.56 Å². The zero-order valence-electron chi connectivity index (χ0n) is 11.8. The first-order chi connectivity index (χ1) is 9.27. The first-order valence-corrected chi connectivity index (χ1v) is 7.17. The predicted octanol–water partition coefficient (Wildman–Crippen LogP) is 4.94. The second-order valence-electron chi connectivity index (χ2n) is 4.76. The van der Waals surface area contributed by atoms with Gasteiger partial charge >= 0.3 is 0 Å². The van der Waals surface area contributed by atoms with Crippen LogP contribution in [0.3, 0.4) is 0 Å². The van der Waals surface area contributed by atoms with Crippen molar-refractivity contribution in [3.8, 4) is 18.1 Å². The Kier molecular flexibility index (Phi) is 7.74. The molecule has 1 aromatic carbocycles. The summed E-state index contributed by atoms with van der Waals surface area (Å²) in [6.45, 7) is 2.79. The normalized spacial score (nSPS) is 10.2. The Morgan fingerprint density at radius 2 is 1.79 bits per heavy atom. The molecule has 0 aliphatic heterocycles. The van der Waals surface area contributed by atoms with Crippen molar-refractivity contribution in [2.75, 3.05) is 6.61 Å². The van der Waals surface area contributed by atoms with Crippen LogP contribution in [0.15, 0.2) is 18.2 Å². The van der Waals surface area contributed by atoms with Crippen LogP contribution in [0.2, 0.25) is 0 Å². The van der Waals surface area contributed by atoms with Crippen molar-refractivity contribution in [2.24, 2.45) is 0 Å². The summed E-state index contributed by atoms with van der Waals surface area (Å²) in [4.78, 5) is 0. The van der Waals surface area contributed by atoms with E-state index in [-0.39, 0.29) is 5.82 Å². The molecule has 0 aliphatic rings. The molecule has 2 heteroatoms. The molecule has 0 aromatic heterocycles. The molecular formula is C17H23FO. The van der Waals surface area contributed by atoms with Gasteiger partial charge in [0.05, 0.1) is 6.61 Å². The molecule has 1 rings (SSSR count). The number of halogens is 1. The predicted molar refractivity (Wildman–Crippen MR) is 77.8 cm³/mol. The topological polar surface area (TPSA) is 9.23 Å². The lowest BCUT2D eigenvalue weighted by Gasteiger charge is -2.07. The van der Waals surface area contributed by atoms with Crippen molar-refractivity contribution in [1.29, 1.82) is 0 Å². The number of rotatable bonds is 9. The zero-order valence-corrected chi connectivity index (χ0v) is 11.8. The molecule has 19 heavy (non-hydrogen) atoms. The fourth-order valence-corrected chi connectivity index (χ4v) is 1.95. The van der Waals surface area contributed by atoms with E-state index in [9.17, 15) is 4.39 Å². The lowest BCUT2D eigenvalue weighted by atomic mass is 10.1. The third-order valence-electron chi connectivity index (χ3n) is 3.10. The number of benzene rings is 1. The van der Waals surface area contributed by atoms with Gasteiger partial charge in [-0.05, 0) is 24.6 Å². The summed E-state index contributed by atoms with van der Waals surface area (Å²) >= 11 is 0. The molecule has 0 heterocycles. The number of unbranched alkanes of at least 4 members (excludes halogenated alkanes) is 6. The highest BCUT2D eigenvalue weighted by atomic mass is 19.1. The van der Waals surface area contributed by atoms with Crippen molar-refractivity contribution < 1.29 is 9.13 Å². The van der Waals surface area contributed by atoms with Gasteiger partial charge in [0.2, 0.25) is 0 Å². The first-order valence-electron chi connectivity index (χ1n) is 7.17. The Hall–Kier alpha value is -1.49. The maximum atomic E-state index is 13.5.